The van der Waals surface area contributed by atoms with E-state index in [0.29, 0.717) is 12.0 Å². The highest BCUT2D eigenvalue weighted by molar-refractivity contribution is 5.85. The summed E-state index contributed by atoms with van der Waals surface area (Å²) in [6, 6.07) is 11.6. The predicted molar refractivity (Wildman–Crippen MR) is 123 cm³/mol. The molecular formula is C23H32Cl2N2O2. The van der Waals surface area contributed by atoms with Crippen LogP contribution in [0.1, 0.15) is 46.2 Å². The second kappa shape index (κ2) is 9.57. The van der Waals surface area contributed by atoms with Gasteiger partial charge in [-0.05, 0) is 66.6 Å². The van der Waals surface area contributed by atoms with E-state index in [2.05, 4.69) is 49.1 Å². The zero-order valence-electron chi connectivity index (χ0n) is 17.6. The molecule has 0 radical (unpaired) electrons. The zero-order chi connectivity index (χ0) is 19.1. The first kappa shape index (κ1) is 23.8. The number of piperidine rings is 1. The Labute approximate surface area is 186 Å². The van der Waals surface area contributed by atoms with Crippen molar-refractivity contribution in [2.45, 2.75) is 44.7 Å². The number of ether oxygens (including phenoxy) is 2. The molecule has 1 fully saturated rings. The molecule has 3 atom stereocenters. The molecule has 2 aliphatic rings. The number of benzene rings is 2. The van der Waals surface area contributed by atoms with Crippen LogP contribution in [0.5, 0.6) is 11.5 Å². The molecule has 29 heavy (non-hydrogen) atoms. The molecule has 4 rings (SSSR count). The lowest BCUT2D eigenvalue weighted by molar-refractivity contribution is 0.109. The van der Waals surface area contributed by atoms with E-state index in [1.165, 1.54) is 27.8 Å². The molecule has 0 bridgehead atoms. The predicted octanol–water partition coefficient (Wildman–Crippen LogP) is 4.58. The van der Waals surface area contributed by atoms with Crippen LogP contribution in [0.2, 0.25) is 0 Å². The fourth-order valence-corrected chi connectivity index (χ4v) is 4.73. The van der Waals surface area contributed by atoms with Crippen molar-refractivity contribution < 1.29 is 9.47 Å². The second-order valence-corrected chi connectivity index (χ2v) is 8.02. The molecule has 2 aliphatic heterocycles. The summed E-state index contributed by atoms with van der Waals surface area (Å²) >= 11 is 0. The van der Waals surface area contributed by atoms with Gasteiger partial charge in [-0.15, -0.1) is 24.8 Å². The van der Waals surface area contributed by atoms with Crippen molar-refractivity contribution in [3.05, 3.63) is 58.1 Å². The van der Waals surface area contributed by atoms with Crippen LogP contribution in [0.4, 0.5) is 0 Å². The maximum absolute atomic E-state index is 6.71. The number of fused-ring (bicyclic) bond motifs is 3. The number of methoxy groups -OCH3 is 2. The van der Waals surface area contributed by atoms with Gasteiger partial charge in [0.1, 0.15) is 0 Å². The monoisotopic (exact) mass is 438 g/mol. The maximum atomic E-state index is 6.71. The first-order valence-electron chi connectivity index (χ1n) is 9.83. The minimum absolute atomic E-state index is 0. The van der Waals surface area contributed by atoms with Crippen molar-refractivity contribution in [2.24, 2.45) is 5.73 Å². The van der Waals surface area contributed by atoms with Crippen LogP contribution in [0.15, 0.2) is 30.3 Å². The molecule has 2 aromatic carbocycles. The van der Waals surface area contributed by atoms with Gasteiger partial charge < -0.3 is 15.2 Å². The van der Waals surface area contributed by atoms with Gasteiger partial charge in [-0.2, -0.15) is 0 Å². The van der Waals surface area contributed by atoms with Crippen molar-refractivity contribution in [3.8, 4) is 11.5 Å². The SMILES string of the molecule is COc1cc2c(cc1OC)[C@H]1C[C@@H](N)[C@H](c3ccc(C)c(C)c3)CN1CC2.Cl.Cl. The van der Waals surface area contributed by atoms with E-state index in [0.717, 1.165) is 37.4 Å². The van der Waals surface area contributed by atoms with Gasteiger partial charge in [-0.3, -0.25) is 4.90 Å². The Hall–Kier alpha value is -1.46. The number of nitrogens with two attached hydrogens (primary N) is 1. The molecule has 0 aliphatic carbocycles. The van der Waals surface area contributed by atoms with Crippen molar-refractivity contribution in [2.75, 3.05) is 27.3 Å². The summed E-state index contributed by atoms with van der Waals surface area (Å²) in [5.41, 5.74) is 13.5. The molecule has 160 valence electrons. The Bertz CT molecular complexity index is 859. The fourth-order valence-electron chi connectivity index (χ4n) is 4.73. The van der Waals surface area contributed by atoms with Gasteiger partial charge in [-0.1, -0.05) is 18.2 Å². The number of rotatable bonds is 3. The van der Waals surface area contributed by atoms with Crippen molar-refractivity contribution >= 4 is 24.8 Å². The van der Waals surface area contributed by atoms with Crippen LogP contribution >= 0.6 is 24.8 Å². The van der Waals surface area contributed by atoms with Gasteiger partial charge in [-0.25, -0.2) is 0 Å². The van der Waals surface area contributed by atoms with Crippen LogP contribution in [0.25, 0.3) is 0 Å². The highest BCUT2D eigenvalue weighted by Crippen LogP contribution is 2.44. The number of hydrogen-bond acceptors (Lipinski definition) is 4. The third-order valence-corrected chi connectivity index (χ3v) is 6.52. The normalized spacial score (nSPS) is 23.1. The smallest absolute Gasteiger partial charge is 0.161 e. The van der Waals surface area contributed by atoms with Gasteiger partial charge >= 0.3 is 0 Å². The van der Waals surface area contributed by atoms with E-state index in [9.17, 15) is 0 Å². The highest BCUT2D eigenvalue weighted by Gasteiger charge is 2.38. The van der Waals surface area contributed by atoms with E-state index in [4.69, 9.17) is 15.2 Å². The van der Waals surface area contributed by atoms with Gasteiger partial charge in [0.2, 0.25) is 0 Å². The molecule has 0 amide bonds. The average molecular weight is 439 g/mol. The van der Waals surface area contributed by atoms with E-state index < -0.39 is 0 Å². The summed E-state index contributed by atoms with van der Waals surface area (Å²) in [5.74, 6) is 2.02. The molecular weight excluding hydrogens is 407 g/mol. The Kier molecular flexibility index (Phi) is 7.86. The van der Waals surface area contributed by atoms with E-state index in [-0.39, 0.29) is 30.9 Å². The number of hydrogen-bond donors (Lipinski definition) is 1. The van der Waals surface area contributed by atoms with Crippen molar-refractivity contribution in [1.29, 1.82) is 0 Å². The largest absolute Gasteiger partial charge is 0.493 e. The van der Waals surface area contributed by atoms with Crippen LogP contribution in [-0.2, 0) is 6.42 Å². The molecule has 4 nitrogen and oxygen atoms in total. The lowest BCUT2D eigenvalue weighted by Crippen LogP contribution is -2.49. The summed E-state index contributed by atoms with van der Waals surface area (Å²) in [7, 11) is 3.40. The Balaban J connectivity index is 0.00000150. The molecule has 0 unspecified atom stereocenters. The molecule has 0 aromatic heterocycles. The molecule has 6 heteroatoms. The minimum atomic E-state index is 0. The van der Waals surface area contributed by atoms with E-state index in [1.54, 1.807) is 14.2 Å². The molecule has 2 heterocycles. The molecule has 1 saturated heterocycles. The van der Waals surface area contributed by atoms with Gasteiger partial charge in [0.15, 0.2) is 11.5 Å². The average Bonchev–Trinajstić information content (AvgIpc) is 2.68. The molecule has 2 aromatic rings. The Morgan fingerprint density at radius 1 is 0.966 bits per heavy atom. The highest BCUT2D eigenvalue weighted by atomic mass is 35.5. The third kappa shape index (κ3) is 4.36. The zero-order valence-corrected chi connectivity index (χ0v) is 19.2. The van der Waals surface area contributed by atoms with E-state index >= 15 is 0 Å². The number of aryl methyl sites for hydroxylation is 2. The lowest BCUT2D eigenvalue weighted by atomic mass is 9.78. The number of nitrogens with zero attached hydrogens (tertiary/aromatic N) is 1. The molecule has 0 spiro atoms. The lowest BCUT2D eigenvalue weighted by Gasteiger charge is -2.46. The number of halogens is 2. The van der Waals surface area contributed by atoms with Crippen molar-refractivity contribution in [3.63, 3.8) is 0 Å². The quantitative estimate of drug-likeness (QED) is 0.761. The van der Waals surface area contributed by atoms with Gasteiger partial charge in [0, 0.05) is 31.1 Å². The van der Waals surface area contributed by atoms with Crippen LogP contribution < -0.4 is 15.2 Å². The standard InChI is InChI=1S/C23H30N2O2.2ClH/c1-14-5-6-16(9-15(14)2)19-13-25-8-7-17-10-22(26-3)23(27-4)11-18(17)21(25)12-20(19)24;;/h5-6,9-11,19-21H,7-8,12-13,24H2,1-4H3;2*1H/t19-,20+,21+;;/m0../s1. The van der Waals surface area contributed by atoms with Gasteiger partial charge in [0.05, 0.1) is 14.2 Å². The topological polar surface area (TPSA) is 47.7 Å². The fraction of sp³-hybridized carbons (Fsp3) is 0.478. The first-order chi connectivity index (χ1) is 13.0. The van der Waals surface area contributed by atoms with Crippen LogP contribution in [0, 0.1) is 13.8 Å². The molecule has 0 saturated carbocycles. The van der Waals surface area contributed by atoms with Crippen LogP contribution in [0.3, 0.4) is 0 Å². The Morgan fingerprint density at radius 3 is 2.31 bits per heavy atom. The van der Waals surface area contributed by atoms with Gasteiger partial charge in [0.25, 0.3) is 0 Å². The third-order valence-electron chi connectivity index (χ3n) is 6.52. The van der Waals surface area contributed by atoms with E-state index in [1.807, 2.05) is 0 Å². The summed E-state index contributed by atoms with van der Waals surface area (Å²) in [6.07, 6.45) is 2.02. The molecule has 2 N–H and O–H groups in total. The maximum Gasteiger partial charge on any atom is 0.161 e. The second-order valence-electron chi connectivity index (χ2n) is 8.02. The summed E-state index contributed by atoms with van der Waals surface area (Å²) in [6.45, 7) is 6.44. The summed E-state index contributed by atoms with van der Waals surface area (Å²) in [4.78, 5) is 2.61. The van der Waals surface area contributed by atoms with Crippen molar-refractivity contribution in [1.82, 2.24) is 4.90 Å². The summed E-state index contributed by atoms with van der Waals surface area (Å²) < 4.78 is 11.0. The minimum Gasteiger partial charge on any atom is -0.493 e. The Morgan fingerprint density at radius 2 is 1.66 bits per heavy atom. The first-order valence-corrected chi connectivity index (χ1v) is 9.83. The summed E-state index contributed by atoms with van der Waals surface area (Å²) in [5, 5.41) is 0. The van der Waals surface area contributed by atoms with Crippen LogP contribution in [-0.4, -0.2) is 38.3 Å².